The van der Waals surface area contributed by atoms with E-state index in [2.05, 4.69) is 5.32 Å². The molecule has 0 fully saturated rings. The van der Waals surface area contributed by atoms with E-state index in [1.807, 2.05) is 54.6 Å². The summed E-state index contributed by atoms with van der Waals surface area (Å²) in [6.07, 6.45) is 0.698. The number of fused-ring (bicyclic) bond motifs is 1. The molecule has 1 atom stereocenters. The maximum atomic E-state index is 12.0. The van der Waals surface area contributed by atoms with Crippen LogP contribution >= 0.6 is 0 Å². The van der Waals surface area contributed by atoms with Crippen LogP contribution in [0.5, 0.6) is 0 Å². The number of ether oxygens (including phenoxy) is 1. The predicted octanol–water partition coefficient (Wildman–Crippen LogP) is 2.77. The van der Waals surface area contributed by atoms with Gasteiger partial charge in [-0.05, 0) is 17.2 Å². The summed E-state index contributed by atoms with van der Waals surface area (Å²) in [6, 6.07) is 17.4. The number of para-hydroxylation sites is 1. The van der Waals surface area contributed by atoms with Crippen LogP contribution in [0.3, 0.4) is 0 Å². The van der Waals surface area contributed by atoms with Gasteiger partial charge in [-0.3, -0.25) is 0 Å². The smallest absolute Gasteiger partial charge is 0.329 e. The van der Waals surface area contributed by atoms with Gasteiger partial charge in [-0.25, -0.2) is 4.79 Å². The van der Waals surface area contributed by atoms with Crippen molar-refractivity contribution in [1.29, 1.82) is 0 Å². The van der Waals surface area contributed by atoms with Gasteiger partial charge in [-0.15, -0.1) is 0 Å². The van der Waals surface area contributed by atoms with E-state index in [-0.39, 0.29) is 12.0 Å². The Morgan fingerprint density at radius 1 is 1.11 bits per heavy atom. The number of benzene rings is 2. The van der Waals surface area contributed by atoms with Crippen molar-refractivity contribution in [2.75, 3.05) is 5.32 Å². The fourth-order valence-electron chi connectivity index (χ4n) is 2.27. The molecule has 3 nitrogen and oxygen atoms in total. The molecule has 0 unspecified atom stereocenters. The molecular weight excluding hydrogens is 238 g/mol. The normalized spacial score (nSPS) is 16.5. The SMILES string of the molecule is O=C(OCc1ccccc1)[C@H]1Cc2ccccc2N1. The Kier molecular flexibility index (Phi) is 3.19. The first-order chi connectivity index (χ1) is 9.33. The Morgan fingerprint density at radius 3 is 2.63 bits per heavy atom. The number of hydrogen-bond acceptors (Lipinski definition) is 3. The molecule has 0 aromatic heterocycles. The molecule has 0 bridgehead atoms. The second kappa shape index (κ2) is 5.14. The first-order valence-corrected chi connectivity index (χ1v) is 6.38. The number of rotatable bonds is 3. The summed E-state index contributed by atoms with van der Waals surface area (Å²) in [4.78, 5) is 12.0. The highest BCUT2D eigenvalue weighted by Gasteiger charge is 2.27. The molecule has 0 aliphatic carbocycles. The molecule has 0 spiro atoms. The monoisotopic (exact) mass is 253 g/mol. The van der Waals surface area contributed by atoms with Gasteiger partial charge < -0.3 is 10.1 Å². The summed E-state index contributed by atoms with van der Waals surface area (Å²) >= 11 is 0. The molecule has 3 rings (SSSR count). The number of carbonyl (C=O) groups excluding carboxylic acids is 1. The van der Waals surface area contributed by atoms with Crippen molar-refractivity contribution in [3.05, 3.63) is 65.7 Å². The van der Waals surface area contributed by atoms with E-state index in [4.69, 9.17) is 4.74 Å². The third kappa shape index (κ3) is 2.60. The summed E-state index contributed by atoms with van der Waals surface area (Å²) in [7, 11) is 0. The average molecular weight is 253 g/mol. The van der Waals surface area contributed by atoms with Gasteiger partial charge >= 0.3 is 5.97 Å². The summed E-state index contributed by atoms with van der Waals surface area (Å²) in [6.45, 7) is 0.328. The maximum absolute atomic E-state index is 12.0. The number of carbonyl (C=O) groups is 1. The quantitative estimate of drug-likeness (QED) is 0.855. The van der Waals surface area contributed by atoms with Crippen LogP contribution in [0.25, 0.3) is 0 Å². The molecule has 0 saturated heterocycles. The molecule has 1 aliphatic rings. The minimum absolute atomic E-state index is 0.194. The molecule has 0 radical (unpaired) electrons. The van der Waals surface area contributed by atoms with Gasteiger partial charge in [0.2, 0.25) is 0 Å². The summed E-state index contributed by atoms with van der Waals surface area (Å²) in [5, 5.41) is 3.20. The maximum Gasteiger partial charge on any atom is 0.329 e. The van der Waals surface area contributed by atoms with E-state index in [1.54, 1.807) is 0 Å². The lowest BCUT2D eigenvalue weighted by molar-refractivity contribution is -0.145. The van der Waals surface area contributed by atoms with Gasteiger partial charge in [0.15, 0.2) is 0 Å². The molecular formula is C16H15NO2. The van der Waals surface area contributed by atoms with E-state index >= 15 is 0 Å². The van der Waals surface area contributed by atoms with Crippen molar-refractivity contribution in [3.8, 4) is 0 Å². The van der Waals surface area contributed by atoms with Gasteiger partial charge in [0.25, 0.3) is 0 Å². The van der Waals surface area contributed by atoms with Gasteiger partial charge in [0, 0.05) is 12.1 Å². The Labute approximate surface area is 112 Å². The van der Waals surface area contributed by atoms with Crippen molar-refractivity contribution in [1.82, 2.24) is 0 Å². The average Bonchev–Trinajstić information content (AvgIpc) is 2.90. The van der Waals surface area contributed by atoms with Crippen LogP contribution < -0.4 is 5.32 Å². The topological polar surface area (TPSA) is 38.3 Å². The van der Waals surface area contributed by atoms with Crippen LogP contribution in [-0.2, 0) is 22.6 Å². The van der Waals surface area contributed by atoms with Crippen LogP contribution in [-0.4, -0.2) is 12.0 Å². The van der Waals surface area contributed by atoms with Crippen LogP contribution in [0.1, 0.15) is 11.1 Å². The highest BCUT2D eigenvalue weighted by Crippen LogP contribution is 2.25. The Morgan fingerprint density at radius 2 is 1.84 bits per heavy atom. The van der Waals surface area contributed by atoms with Crippen molar-refractivity contribution in [3.63, 3.8) is 0 Å². The zero-order valence-corrected chi connectivity index (χ0v) is 10.5. The standard InChI is InChI=1S/C16H15NO2/c18-16(19-11-12-6-2-1-3-7-12)15-10-13-8-4-5-9-14(13)17-15/h1-9,15,17H,10-11H2/t15-/m1/s1. The zero-order valence-electron chi connectivity index (χ0n) is 10.5. The van der Waals surface area contributed by atoms with Gasteiger partial charge in [-0.1, -0.05) is 48.5 Å². The summed E-state index contributed by atoms with van der Waals surface area (Å²) < 4.78 is 5.34. The highest BCUT2D eigenvalue weighted by atomic mass is 16.5. The number of anilines is 1. The van der Waals surface area contributed by atoms with Crippen molar-refractivity contribution in [2.45, 2.75) is 19.1 Å². The third-order valence-electron chi connectivity index (χ3n) is 3.28. The Hall–Kier alpha value is -2.29. The molecule has 0 amide bonds. The van der Waals surface area contributed by atoms with Crippen molar-refractivity contribution >= 4 is 11.7 Å². The zero-order chi connectivity index (χ0) is 13.1. The second-order valence-corrected chi connectivity index (χ2v) is 4.65. The van der Waals surface area contributed by atoms with E-state index in [1.165, 1.54) is 5.56 Å². The molecule has 2 aromatic carbocycles. The van der Waals surface area contributed by atoms with Crippen LogP contribution in [0.4, 0.5) is 5.69 Å². The molecule has 96 valence electrons. The van der Waals surface area contributed by atoms with Gasteiger partial charge in [-0.2, -0.15) is 0 Å². The third-order valence-corrected chi connectivity index (χ3v) is 3.28. The molecule has 1 heterocycles. The first kappa shape index (κ1) is 11.8. The number of nitrogens with one attached hydrogen (secondary N) is 1. The van der Waals surface area contributed by atoms with Gasteiger partial charge in [0.1, 0.15) is 12.6 Å². The first-order valence-electron chi connectivity index (χ1n) is 6.38. The van der Waals surface area contributed by atoms with Crippen molar-refractivity contribution in [2.24, 2.45) is 0 Å². The van der Waals surface area contributed by atoms with E-state index in [9.17, 15) is 4.79 Å². The molecule has 0 saturated carbocycles. The van der Waals surface area contributed by atoms with Crippen molar-refractivity contribution < 1.29 is 9.53 Å². The molecule has 3 heteroatoms. The second-order valence-electron chi connectivity index (χ2n) is 4.65. The molecule has 19 heavy (non-hydrogen) atoms. The van der Waals surface area contributed by atoms with E-state index < -0.39 is 0 Å². The highest BCUT2D eigenvalue weighted by molar-refractivity contribution is 5.82. The van der Waals surface area contributed by atoms with Crippen LogP contribution in [0.15, 0.2) is 54.6 Å². The number of hydrogen-bond donors (Lipinski definition) is 1. The lowest BCUT2D eigenvalue weighted by atomic mass is 10.1. The van der Waals surface area contributed by atoms with Crippen LogP contribution in [0, 0.1) is 0 Å². The Bertz CT molecular complexity index is 555. The van der Waals surface area contributed by atoms with E-state index in [0.717, 1.165) is 11.3 Å². The fourth-order valence-corrected chi connectivity index (χ4v) is 2.27. The molecule has 1 aliphatic heterocycles. The van der Waals surface area contributed by atoms with Crippen LogP contribution in [0.2, 0.25) is 0 Å². The molecule has 2 aromatic rings. The lowest BCUT2D eigenvalue weighted by Crippen LogP contribution is -2.28. The van der Waals surface area contributed by atoms with E-state index in [0.29, 0.717) is 13.0 Å². The van der Waals surface area contributed by atoms with Gasteiger partial charge in [0.05, 0.1) is 0 Å². The fraction of sp³-hybridized carbons (Fsp3) is 0.188. The minimum atomic E-state index is -0.263. The largest absolute Gasteiger partial charge is 0.459 e. The lowest BCUT2D eigenvalue weighted by Gasteiger charge is -2.11. The minimum Gasteiger partial charge on any atom is -0.459 e. The number of esters is 1. The molecule has 1 N–H and O–H groups in total. The summed E-state index contributed by atoms with van der Waals surface area (Å²) in [5.41, 5.74) is 3.21. The summed E-state index contributed by atoms with van der Waals surface area (Å²) in [5.74, 6) is -0.194. The Balaban J connectivity index is 1.58. The predicted molar refractivity (Wildman–Crippen MR) is 73.8 cm³/mol.